The van der Waals surface area contributed by atoms with Crippen LogP contribution in [0.2, 0.25) is 0 Å². The van der Waals surface area contributed by atoms with Crippen molar-refractivity contribution in [3.05, 3.63) is 47.4 Å². The van der Waals surface area contributed by atoms with Gasteiger partial charge in [-0.3, -0.25) is 0 Å². The smallest absolute Gasteiger partial charge is 0.390 e. The number of nitrogens with one attached hydrogen (secondary N) is 1. The molecule has 0 radical (unpaired) electrons. The topological polar surface area (TPSA) is 46.5 Å². The van der Waals surface area contributed by atoms with Crippen molar-refractivity contribution in [2.75, 3.05) is 7.11 Å². The van der Waals surface area contributed by atoms with Crippen molar-refractivity contribution in [2.45, 2.75) is 12.5 Å². The summed E-state index contributed by atoms with van der Waals surface area (Å²) < 4.78 is 4.60. The van der Waals surface area contributed by atoms with E-state index in [1.54, 1.807) is 0 Å². The second-order valence-corrected chi connectivity index (χ2v) is 3.73. The van der Waals surface area contributed by atoms with Gasteiger partial charge in [-0.15, -0.1) is 0 Å². The van der Waals surface area contributed by atoms with Gasteiger partial charge in [-0.25, -0.2) is 11.4 Å². The van der Waals surface area contributed by atoms with E-state index in [0.29, 0.717) is 6.42 Å². The van der Waals surface area contributed by atoms with Crippen molar-refractivity contribution in [3.63, 3.8) is 0 Å². The van der Waals surface area contributed by atoms with Gasteiger partial charge in [0.1, 0.15) is 0 Å². The molecule has 17 heavy (non-hydrogen) atoms. The summed E-state index contributed by atoms with van der Waals surface area (Å²) in [6.45, 7) is 7.02. The summed E-state index contributed by atoms with van der Waals surface area (Å²) >= 11 is 0. The summed E-state index contributed by atoms with van der Waals surface area (Å²) in [5, 5.41) is 1.05. The Labute approximate surface area is 99.0 Å². The number of rotatable bonds is 3. The molecule has 0 bridgehead atoms. The summed E-state index contributed by atoms with van der Waals surface area (Å²) in [5.41, 5.74) is 1.98. The zero-order valence-corrected chi connectivity index (χ0v) is 9.43. The Kier molecular flexibility index (Phi) is 3.10. The third-order valence-corrected chi connectivity index (χ3v) is 2.72. The molecule has 1 N–H and O–H groups in total. The first-order valence-corrected chi connectivity index (χ1v) is 5.25. The molecule has 1 heterocycles. The lowest BCUT2D eigenvalue weighted by Gasteiger charge is -2.02. The van der Waals surface area contributed by atoms with E-state index in [1.165, 1.54) is 7.11 Å². The quantitative estimate of drug-likeness (QED) is 0.646. The highest BCUT2D eigenvalue weighted by Crippen LogP contribution is 2.20. The Morgan fingerprint density at radius 1 is 1.53 bits per heavy atom. The predicted molar refractivity (Wildman–Crippen MR) is 64.4 cm³/mol. The van der Waals surface area contributed by atoms with E-state index in [0.717, 1.165) is 16.5 Å². The maximum Gasteiger partial charge on any atom is 0.390 e. The van der Waals surface area contributed by atoms with Gasteiger partial charge in [0, 0.05) is 17.1 Å². The molecular weight excluding hydrogens is 216 g/mol. The molecule has 2 aromatic rings. The number of benzene rings is 1. The number of H-pyrrole nitrogens is 1. The van der Waals surface area contributed by atoms with Gasteiger partial charge >= 0.3 is 12.0 Å². The summed E-state index contributed by atoms with van der Waals surface area (Å²) in [6.07, 6.45) is 2.21. The van der Waals surface area contributed by atoms with Gasteiger partial charge in [0.25, 0.3) is 0 Å². The largest absolute Gasteiger partial charge is 0.463 e. The maximum absolute atomic E-state index is 11.4. The average Bonchev–Trinajstić information content (AvgIpc) is 2.78. The minimum absolute atomic E-state index is 0.375. The number of nitrogens with zero attached hydrogens (tertiary/aromatic N) is 1. The third-order valence-electron chi connectivity index (χ3n) is 2.72. The zero-order valence-electron chi connectivity index (χ0n) is 9.43. The number of hydrogen-bond acceptors (Lipinski definition) is 2. The van der Waals surface area contributed by atoms with Crippen LogP contribution in [-0.2, 0) is 16.0 Å². The SMILES string of the molecule is [C-]#[N+][C@@H](Cc1c[nH]c2ccccc12)C(=O)OC. The van der Waals surface area contributed by atoms with Gasteiger partial charge in [-0.1, -0.05) is 18.2 Å². The summed E-state index contributed by atoms with van der Waals surface area (Å²) in [4.78, 5) is 17.8. The first-order chi connectivity index (χ1) is 8.26. The van der Waals surface area contributed by atoms with Crippen molar-refractivity contribution in [1.29, 1.82) is 0 Å². The number of methoxy groups -OCH3 is 1. The highest BCUT2D eigenvalue weighted by molar-refractivity contribution is 5.85. The second-order valence-electron chi connectivity index (χ2n) is 3.73. The van der Waals surface area contributed by atoms with Gasteiger partial charge < -0.3 is 14.6 Å². The van der Waals surface area contributed by atoms with Crippen LogP contribution in [0.4, 0.5) is 0 Å². The first-order valence-electron chi connectivity index (χ1n) is 5.25. The number of carbonyl (C=O) groups is 1. The molecule has 0 amide bonds. The molecule has 4 heteroatoms. The van der Waals surface area contributed by atoms with Crippen LogP contribution >= 0.6 is 0 Å². The summed E-state index contributed by atoms with van der Waals surface area (Å²) in [5.74, 6) is -0.481. The van der Waals surface area contributed by atoms with Crippen LogP contribution in [0.1, 0.15) is 5.56 Å². The average molecular weight is 228 g/mol. The van der Waals surface area contributed by atoms with Crippen LogP contribution in [0, 0.1) is 6.57 Å². The normalized spacial score (nSPS) is 12.0. The van der Waals surface area contributed by atoms with Crippen LogP contribution < -0.4 is 0 Å². The Morgan fingerprint density at radius 3 is 3.00 bits per heavy atom. The fraction of sp³-hybridized carbons (Fsp3) is 0.231. The van der Waals surface area contributed by atoms with Crippen molar-refractivity contribution in [1.82, 2.24) is 4.98 Å². The summed E-state index contributed by atoms with van der Waals surface area (Å²) in [6, 6.07) is 7.04. The highest BCUT2D eigenvalue weighted by Gasteiger charge is 2.25. The van der Waals surface area contributed by atoms with Crippen LogP contribution in [0.15, 0.2) is 30.5 Å². The lowest BCUT2D eigenvalue weighted by molar-refractivity contribution is -0.141. The maximum atomic E-state index is 11.4. The molecule has 1 atom stereocenters. The van der Waals surface area contributed by atoms with Crippen molar-refractivity contribution in [2.24, 2.45) is 0 Å². The standard InChI is InChI=1S/C13H12N2O2/c1-14-12(13(16)17-2)7-9-8-15-11-6-4-3-5-10(9)11/h3-6,8,12,15H,7H2,2H3/t12-/m0/s1. The lowest BCUT2D eigenvalue weighted by atomic mass is 10.1. The van der Waals surface area contributed by atoms with E-state index < -0.39 is 12.0 Å². The van der Waals surface area contributed by atoms with Crippen molar-refractivity contribution >= 4 is 16.9 Å². The monoisotopic (exact) mass is 228 g/mol. The van der Waals surface area contributed by atoms with Crippen LogP contribution in [0.5, 0.6) is 0 Å². The second kappa shape index (κ2) is 4.71. The Bertz CT molecular complexity index is 580. The van der Waals surface area contributed by atoms with Gasteiger partial charge in [0.05, 0.1) is 13.5 Å². The van der Waals surface area contributed by atoms with Gasteiger partial charge in [-0.05, 0) is 11.6 Å². The van der Waals surface area contributed by atoms with E-state index in [-0.39, 0.29) is 0 Å². The minimum atomic E-state index is -0.765. The molecule has 86 valence electrons. The number of fused-ring (bicyclic) bond motifs is 1. The van der Waals surface area contributed by atoms with Gasteiger partial charge in [0.2, 0.25) is 0 Å². The Balaban J connectivity index is 2.29. The number of hydrogen-bond donors (Lipinski definition) is 1. The lowest BCUT2D eigenvalue weighted by Crippen LogP contribution is -2.20. The fourth-order valence-corrected chi connectivity index (χ4v) is 1.83. The van der Waals surface area contributed by atoms with Gasteiger partial charge in [0.15, 0.2) is 0 Å². The molecule has 4 nitrogen and oxygen atoms in total. The molecule has 0 saturated heterocycles. The minimum Gasteiger partial charge on any atom is -0.463 e. The van der Waals surface area contributed by atoms with E-state index in [1.807, 2.05) is 30.5 Å². The highest BCUT2D eigenvalue weighted by atomic mass is 16.5. The van der Waals surface area contributed by atoms with Crippen LogP contribution in [0.3, 0.4) is 0 Å². The van der Waals surface area contributed by atoms with E-state index in [4.69, 9.17) is 6.57 Å². The van der Waals surface area contributed by atoms with E-state index in [2.05, 4.69) is 14.6 Å². The predicted octanol–water partition coefficient (Wildman–Crippen LogP) is 2.17. The molecule has 1 aromatic heterocycles. The first kappa shape index (κ1) is 11.2. The number of para-hydroxylation sites is 1. The fourth-order valence-electron chi connectivity index (χ4n) is 1.83. The molecule has 0 saturated carbocycles. The molecular formula is C13H12N2O2. The molecule has 0 spiro atoms. The molecule has 0 unspecified atom stereocenters. The van der Waals surface area contributed by atoms with E-state index >= 15 is 0 Å². The van der Waals surface area contributed by atoms with Crippen LogP contribution in [0.25, 0.3) is 15.7 Å². The molecule has 0 fully saturated rings. The Hall–Kier alpha value is -2.28. The van der Waals surface area contributed by atoms with E-state index in [9.17, 15) is 4.79 Å². The number of esters is 1. The molecule has 0 aliphatic rings. The number of aromatic nitrogens is 1. The van der Waals surface area contributed by atoms with Crippen LogP contribution in [-0.4, -0.2) is 24.1 Å². The number of carbonyl (C=O) groups excluding carboxylic acids is 1. The third kappa shape index (κ3) is 2.13. The molecule has 0 aliphatic carbocycles. The number of aromatic amines is 1. The van der Waals surface area contributed by atoms with Crippen molar-refractivity contribution in [3.8, 4) is 0 Å². The molecule has 0 aliphatic heterocycles. The van der Waals surface area contributed by atoms with Crippen molar-refractivity contribution < 1.29 is 9.53 Å². The van der Waals surface area contributed by atoms with Gasteiger partial charge in [-0.2, -0.15) is 0 Å². The zero-order chi connectivity index (χ0) is 12.3. The molecule has 1 aromatic carbocycles. The summed E-state index contributed by atoms with van der Waals surface area (Å²) in [7, 11) is 1.30. The number of ether oxygens (including phenoxy) is 1. The Morgan fingerprint density at radius 2 is 2.29 bits per heavy atom. The molecule has 2 rings (SSSR count).